The fourth-order valence-corrected chi connectivity index (χ4v) is 5.40. The number of hydrogen-bond acceptors (Lipinski definition) is 6. The molecule has 0 bridgehead atoms. The summed E-state index contributed by atoms with van der Waals surface area (Å²) in [5.74, 6) is 1.76. The summed E-state index contributed by atoms with van der Waals surface area (Å²) in [6, 6.07) is 7.45. The fourth-order valence-electron chi connectivity index (χ4n) is 5.40. The number of aromatic nitrogens is 4. The largest absolute Gasteiger partial charge is 0.382 e. The summed E-state index contributed by atoms with van der Waals surface area (Å²) >= 11 is 0. The van der Waals surface area contributed by atoms with E-state index < -0.39 is 11.4 Å². The van der Waals surface area contributed by atoms with Crippen LogP contribution in [0.3, 0.4) is 0 Å². The molecule has 2 N–H and O–H groups in total. The van der Waals surface area contributed by atoms with Crippen LogP contribution in [-0.4, -0.2) is 26.3 Å². The van der Waals surface area contributed by atoms with Crippen LogP contribution in [0.25, 0.3) is 16.9 Å². The predicted octanol–water partition coefficient (Wildman–Crippen LogP) is 4.25. The number of hydrogen-bond donors (Lipinski definition) is 1. The number of rotatable bonds is 4. The molecule has 1 aliphatic heterocycles. The van der Waals surface area contributed by atoms with Crippen molar-refractivity contribution in [3.8, 4) is 11.3 Å². The molecule has 0 spiro atoms. The van der Waals surface area contributed by atoms with Crippen molar-refractivity contribution in [3.05, 3.63) is 59.5 Å². The quantitative estimate of drug-likeness (QED) is 0.517. The maximum atomic E-state index is 14.7. The summed E-state index contributed by atoms with van der Waals surface area (Å²) in [6.07, 6.45) is 5.70. The van der Waals surface area contributed by atoms with E-state index in [9.17, 15) is 8.78 Å². The van der Waals surface area contributed by atoms with Gasteiger partial charge in [-0.15, -0.1) is 5.10 Å². The van der Waals surface area contributed by atoms with E-state index in [0.717, 1.165) is 44.1 Å². The number of nitrogen functional groups attached to an aromatic ring is 1. The van der Waals surface area contributed by atoms with Crippen molar-refractivity contribution in [3.63, 3.8) is 0 Å². The molecular formula is C23H20F2N6O. The molecule has 162 valence electrons. The second-order valence-corrected chi connectivity index (χ2v) is 9.09. The average Bonchev–Trinajstić information content (AvgIpc) is 3.63. The summed E-state index contributed by atoms with van der Waals surface area (Å²) in [7, 11) is 0. The Hall–Kier alpha value is -3.49. The molecule has 2 atom stereocenters. The Morgan fingerprint density at radius 3 is 2.81 bits per heavy atom. The van der Waals surface area contributed by atoms with Crippen LogP contribution in [0.5, 0.6) is 0 Å². The maximum absolute atomic E-state index is 14.7. The Kier molecular flexibility index (Phi) is 3.43. The third-order valence-corrected chi connectivity index (χ3v) is 7.19. The molecule has 4 aromatic rings. The maximum Gasteiger partial charge on any atom is 0.169 e. The zero-order valence-corrected chi connectivity index (χ0v) is 17.1. The topological polar surface area (TPSA) is 85.5 Å². The minimum absolute atomic E-state index is 0.280. The second kappa shape index (κ2) is 6.05. The van der Waals surface area contributed by atoms with Crippen LogP contribution >= 0.6 is 0 Å². The van der Waals surface area contributed by atoms with Gasteiger partial charge in [-0.2, -0.15) is 0 Å². The Balaban J connectivity index is 1.34. The van der Waals surface area contributed by atoms with E-state index >= 15 is 0 Å². The number of fused-ring (bicyclic) bond motifs is 2. The van der Waals surface area contributed by atoms with Crippen LogP contribution in [0.1, 0.15) is 42.9 Å². The molecule has 32 heavy (non-hydrogen) atoms. The zero-order chi connectivity index (χ0) is 21.6. The molecule has 0 unspecified atom stereocenters. The standard InChI is InChI=1S/C23H20F2N6O/c24-14-3-4-16(25)15(9-14)23-11-13(23)5-7-30(23)19-6-8-31-22(27-19)20(21(26)28-31)17-10-18(32-29-17)12-1-2-12/h3-4,6,8-10,12-13H,1-2,5,7,11H2,(H2,26,28)/t13-,23+/m0/s1. The Labute approximate surface area is 181 Å². The van der Waals surface area contributed by atoms with E-state index in [-0.39, 0.29) is 11.7 Å². The van der Waals surface area contributed by atoms with E-state index in [1.165, 1.54) is 12.1 Å². The van der Waals surface area contributed by atoms with E-state index in [0.29, 0.717) is 40.0 Å². The van der Waals surface area contributed by atoms with Crippen molar-refractivity contribution in [2.24, 2.45) is 5.92 Å². The highest BCUT2D eigenvalue weighted by atomic mass is 19.1. The van der Waals surface area contributed by atoms with Crippen molar-refractivity contribution in [1.29, 1.82) is 0 Å². The lowest BCUT2D eigenvalue weighted by molar-refractivity contribution is 0.386. The number of piperidine rings is 1. The summed E-state index contributed by atoms with van der Waals surface area (Å²) in [6.45, 7) is 0.721. The molecule has 0 radical (unpaired) electrons. The van der Waals surface area contributed by atoms with Crippen molar-refractivity contribution in [2.45, 2.75) is 37.1 Å². The van der Waals surface area contributed by atoms with Crippen molar-refractivity contribution in [1.82, 2.24) is 19.8 Å². The first-order valence-electron chi connectivity index (χ1n) is 10.9. The molecule has 1 aromatic carbocycles. The van der Waals surface area contributed by atoms with E-state index in [1.807, 2.05) is 12.1 Å². The summed E-state index contributed by atoms with van der Waals surface area (Å²) in [5.41, 5.74) is 7.87. The van der Waals surface area contributed by atoms with Crippen LogP contribution in [-0.2, 0) is 5.54 Å². The number of halogens is 2. The SMILES string of the molecule is Nc1nn2ccc(N3CC[C@H]4C[C@]43c3cc(F)ccc3F)nc2c1-c1cc(C2CC2)on1. The molecule has 3 fully saturated rings. The average molecular weight is 434 g/mol. The van der Waals surface area contributed by atoms with E-state index in [2.05, 4.69) is 15.2 Å². The Bertz CT molecular complexity index is 1390. The molecule has 9 heteroatoms. The highest BCUT2D eigenvalue weighted by Crippen LogP contribution is 2.63. The Morgan fingerprint density at radius 1 is 1.12 bits per heavy atom. The van der Waals surface area contributed by atoms with Crippen molar-refractivity contribution < 1.29 is 13.3 Å². The molecule has 7 nitrogen and oxygen atoms in total. The number of nitrogens with two attached hydrogens (primary N) is 1. The van der Waals surface area contributed by atoms with Gasteiger partial charge in [-0.25, -0.2) is 18.3 Å². The van der Waals surface area contributed by atoms with Gasteiger partial charge in [0.2, 0.25) is 0 Å². The molecule has 2 aliphatic carbocycles. The summed E-state index contributed by atoms with van der Waals surface area (Å²) in [4.78, 5) is 6.97. The minimum Gasteiger partial charge on any atom is -0.382 e. The highest BCUT2D eigenvalue weighted by molar-refractivity contribution is 5.85. The lowest BCUT2D eigenvalue weighted by Crippen LogP contribution is -2.34. The van der Waals surface area contributed by atoms with Crippen molar-refractivity contribution >= 4 is 17.3 Å². The van der Waals surface area contributed by atoms with Gasteiger partial charge in [0.05, 0.1) is 11.1 Å². The number of benzene rings is 1. The fraction of sp³-hybridized carbons (Fsp3) is 0.348. The van der Waals surface area contributed by atoms with Gasteiger partial charge < -0.3 is 15.2 Å². The third kappa shape index (κ3) is 2.42. The van der Waals surface area contributed by atoms with Crippen LogP contribution in [0.15, 0.2) is 41.1 Å². The van der Waals surface area contributed by atoms with Crippen LogP contribution < -0.4 is 10.6 Å². The molecule has 2 saturated carbocycles. The molecule has 0 amide bonds. The second-order valence-electron chi connectivity index (χ2n) is 9.09. The lowest BCUT2D eigenvalue weighted by Gasteiger charge is -2.30. The third-order valence-electron chi connectivity index (χ3n) is 7.19. The van der Waals surface area contributed by atoms with Gasteiger partial charge in [0.1, 0.15) is 28.9 Å². The first-order valence-corrected chi connectivity index (χ1v) is 10.9. The van der Waals surface area contributed by atoms with Crippen LogP contribution in [0, 0.1) is 17.6 Å². The number of anilines is 2. The van der Waals surface area contributed by atoms with Crippen LogP contribution in [0.2, 0.25) is 0 Å². The molecular weight excluding hydrogens is 414 g/mol. The monoisotopic (exact) mass is 434 g/mol. The molecule has 3 aliphatic rings. The summed E-state index contributed by atoms with van der Waals surface area (Å²) in [5, 5.41) is 8.59. The van der Waals surface area contributed by atoms with E-state index in [4.69, 9.17) is 15.2 Å². The molecule has 3 aromatic heterocycles. The summed E-state index contributed by atoms with van der Waals surface area (Å²) < 4.78 is 35.9. The minimum atomic E-state index is -0.559. The van der Waals surface area contributed by atoms with E-state index in [1.54, 1.807) is 10.7 Å². The lowest BCUT2D eigenvalue weighted by atomic mass is 10.0. The Morgan fingerprint density at radius 2 is 2.00 bits per heavy atom. The van der Waals surface area contributed by atoms with Crippen molar-refractivity contribution in [2.75, 3.05) is 17.2 Å². The van der Waals surface area contributed by atoms with Gasteiger partial charge in [-0.05, 0) is 55.9 Å². The molecule has 1 saturated heterocycles. The van der Waals surface area contributed by atoms with Gasteiger partial charge in [0.25, 0.3) is 0 Å². The highest BCUT2D eigenvalue weighted by Gasteiger charge is 2.64. The van der Waals surface area contributed by atoms with Gasteiger partial charge in [-0.1, -0.05) is 5.16 Å². The predicted molar refractivity (Wildman–Crippen MR) is 113 cm³/mol. The van der Waals surface area contributed by atoms with Gasteiger partial charge in [0.15, 0.2) is 11.5 Å². The zero-order valence-electron chi connectivity index (χ0n) is 17.1. The molecule has 7 rings (SSSR count). The van der Waals surface area contributed by atoms with Crippen LogP contribution in [0.4, 0.5) is 20.4 Å². The van der Waals surface area contributed by atoms with Gasteiger partial charge in [0, 0.05) is 30.3 Å². The normalized spacial score (nSPS) is 24.3. The van der Waals surface area contributed by atoms with Gasteiger partial charge in [-0.3, -0.25) is 0 Å². The first-order chi connectivity index (χ1) is 15.5. The van der Waals surface area contributed by atoms with Gasteiger partial charge >= 0.3 is 0 Å². The number of nitrogens with zero attached hydrogens (tertiary/aromatic N) is 5. The first kappa shape index (κ1) is 18.1. The smallest absolute Gasteiger partial charge is 0.169 e. The molecule has 4 heterocycles.